The lowest BCUT2D eigenvalue weighted by atomic mass is 9.92. The molecule has 0 unspecified atom stereocenters. The topological polar surface area (TPSA) is 86.9 Å². The highest BCUT2D eigenvalue weighted by Crippen LogP contribution is 2.26. The van der Waals surface area contributed by atoms with Crippen LogP contribution in [0.5, 0.6) is 0 Å². The van der Waals surface area contributed by atoms with Gasteiger partial charge < -0.3 is 20.6 Å². The van der Waals surface area contributed by atoms with Gasteiger partial charge in [0.25, 0.3) is 0 Å². The molecule has 0 aliphatic carbocycles. The van der Waals surface area contributed by atoms with E-state index in [2.05, 4.69) is 29.2 Å². The summed E-state index contributed by atoms with van der Waals surface area (Å²) in [6.07, 6.45) is -1.73. The maximum Gasteiger partial charge on any atom is 0.490 e. The number of nitrogens with two attached hydrogens (primary N) is 1. The van der Waals surface area contributed by atoms with Gasteiger partial charge in [-0.25, -0.2) is 9.18 Å². The summed E-state index contributed by atoms with van der Waals surface area (Å²) in [6, 6.07) is 7.79. The van der Waals surface area contributed by atoms with E-state index in [-0.39, 0.29) is 18.4 Å². The molecule has 1 amide bonds. The third-order valence-electron chi connectivity index (χ3n) is 5.65. The smallest absolute Gasteiger partial charge is 0.475 e. The summed E-state index contributed by atoms with van der Waals surface area (Å²) < 4.78 is 45.0. The average molecular weight is 447 g/mol. The number of carbonyl (C=O) groups is 2. The fraction of sp³-hybridized carbons (Fsp3) is 0.619. The molecule has 1 aromatic carbocycles. The molecule has 10 heteroatoms. The van der Waals surface area contributed by atoms with Crippen molar-refractivity contribution in [1.82, 2.24) is 4.90 Å². The molecule has 2 saturated heterocycles. The van der Waals surface area contributed by atoms with Gasteiger partial charge in [-0.2, -0.15) is 13.2 Å². The van der Waals surface area contributed by atoms with E-state index in [4.69, 9.17) is 15.6 Å². The number of aliphatic carboxylic acids is 1. The number of benzene rings is 1. The predicted molar refractivity (Wildman–Crippen MR) is 109 cm³/mol. The highest BCUT2D eigenvalue weighted by Gasteiger charge is 2.38. The van der Waals surface area contributed by atoms with Crippen LogP contribution in [0.3, 0.4) is 0 Å². The second-order valence-electron chi connectivity index (χ2n) is 7.93. The van der Waals surface area contributed by atoms with Crippen LogP contribution in [-0.4, -0.2) is 66.5 Å². The first-order chi connectivity index (χ1) is 14.5. The summed E-state index contributed by atoms with van der Waals surface area (Å²) >= 11 is 0. The molecule has 174 valence electrons. The van der Waals surface area contributed by atoms with Crippen molar-refractivity contribution in [2.24, 2.45) is 5.73 Å². The minimum Gasteiger partial charge on any atom is -0.475 e. The van der Waals surface area contributed by atoms with Gasteiger partial charge >= 0.3 is 12.1 Å². The maximum atomic E-state index is 13.3. The Labute approximate surface area is 179 Å². The second kappa shape index (κ2) is 10.8. The SMILES string of the molecule is C[C@@H](c1ccc(N2CCCCC2)cc1)[C@H](N)C(=O)N1CC[C@H](F)C1.O=C(O)C(F)(F)F. The lowest BCUT2D eigenvalue weighted by molar-refractivity contribution is -0.192. The minimum absolute atomic E-state index is 0.0773. The second-order valence-corrected chi connectivity index (χ2v) is 7.93. The molecule has 2 fully saturated rings. The van der Waals surface area contributed by atoms with Crippen LogP contribution in [0.2, 0.25) is 0 Å². The third kappa shape index (κ3) is 7.09. The number of anilines is 1. The van der Waals surface area contributed by atoms with Gasteiger partial charge in [0, 0.05) is 31.2 Å². The fourth-order valence-electron chi connectivity index (χ4n) is 3.69. The zero-order chi connectivity index (χ0) is 23.2. The summed E-state index contributed by atoms with van der Waals surface area (Å²) in [5, 5.41) is 7.12. The van der Waals surface area contributed by atoms with E-state index in [1.807, 2.05) is 6.92 Å². The summed E-state index contributed by atoms with van der Waals surface area (Å²) in [6.45, 7) is 4.88. The number of hydrogen-bond acceptors (Lipinski definition) is 4. The molecular weight excluding hydrogens is 418 g/mol. The van der Waals surface area contributed by atoms with Crippen molar-refractivity contribution in [3.05, 3.63) is 29.8 Å². The van der Waals surface area contributed by atoms with Gasteiger partial charge in [0.1, 0.15) is 6.17 Å². The molecule has 0 radical (unpaired) electrons. The Hall–Kier alpha value is -2.36. The normalized spacial score (nSPS) is 21.2. The van der Waals surface area contributed by atoms with Gasteiger partial charge in [0.15, 0.2) is 0 Å². The van der Waals surface area contributed by atoms with Crippen molar-refractivity contribution in [2.75, 3.05) is 31.1 Å². The molecular formula is C21H29F4N3O3. The largest absolute Gasteiger partial charge is 0.490 e. The molecule has 2 aliphatic heterocycles. The molecule has 0 aromatic heterocycles. The monoisotopic (exact) mass is 447 g/mol. The quantitative estimate of drug-likeness (QED) is 0.692. The van der Waals surface area contributed by atoms with Crippen LogP contribution < -0.4 is 10.6 Å². The highest BCUT2D eigenvalue weighted by atomic mass is 19.4. The van der Waals surface area contributed by atoms with Crippen molar-refractivity contribution in [3.63, 3.8) is 0 Å². The van der Waals surface area contributed by atoms with Gasteiger partial charge in [-0.05, 0) is 43.4 Å². The van der Waals surface area contributed by atoms with Gasteiger partial charge in [0.2, 0.25) is 5.91 Å². The van der Waals surface area contributed by atoms with Gasteiger partial charge in [-0.1, -0.05) is 19.1 Å². The number of alkyl halides is 4. The van der Waals surface area contributed by atoms with Crippen LogP contribution in [0.25, 0.3) is 0 Å². The molecule has 31 heavy (non-hydrogen) atoms. The van der Waals surface area contributed by atoms with Crippen molar-refractivity contribution in [2.45, 2.75) is 56.9 Å². The number of carboxylic acids is 1. The number of halogens is 4. The number of amides is 1. The Balaban J connectivity index is 0.000000423. The first-order valence-corrected chi connectivity index (χ1v) is 10.3. The van der Waals surface area contributed by atoms with E-state index in [0.717, 1.165) is 18.7 Å². The Morgan fingerprint density at radius 2 is 1.65 bits per heavy atom. The van der Waals surface area contributed by atoms with Crippen molar-refractivity contribution < 1.29 is 32.3 Å². The number of carbonyl (C=O) groups excluding carboxylic acids is 1. The van der Waals surface area contributed by atoms with Crippen LogP contribution in [0, 0.1) is 0 Å². The Morgan fingerprint density at radius 3 is 2.10 bits per heavy atom. The Bertz CT molecular complexity index is 736. The van der Waals surface area contributed by atoms with Crippen LogP contribution in [0.15, 0.2) is 24.3 Å². The standard InChI is InChI=1S/C19H28FN3O.C2HF3O2/c1-14(18(21)19(24)23-12-9-16(20)13-23)15-5-7-17(8-6-15)22-10-3-2-4-11-22;3-2(4,5)1(6)7/h5-8,14,16,18H,2-4,9-13,21H2,1H3;(H,6,7)/t14-,16-,18-;/m0./s1. The molecule has 6 nitrogen and oxygen atoms in total. The number of hydrogen-bond donors (Lipinski definition) is 2. The Morgan fingerprint density at radius 1 is 1.10 bits per heavy atom. The third-order valence-corrected chi connectivity index (χ3v) is 5.65. The van der Waals surface area contributed by atoms with Gasteiger partial charge in [-0.15, -0.1) is 0 Å². The van der Waals surface area contributed by atoms with Crippen LogP contribution in [0.1, 0.15) is 44.1 Å². The summed E-state index contributed by atoms with van der Waals surface area (Å²) in [5.41, 5.74) is 8.48. The van der Waals surface area contributed by atoms with Crippen LogP contribution in [0.4, 0.5) is 23.2 Å². The summed E-state index contributed by atoms with van der Waals surface area (Å²) in [7, 11) is 0. The lowest BCUT2D eigenvalue weighted by Crippen LogP contribution is -2.45. The molecule has 3 atom stereocenters. The molecule has 3 rings (SSSR count). The maximum absolute atomic E-state index is 13.3. The number of likely N-dealkylation sites (tertiary alicyclic amines) is 1. The van der Waals surface area contributed by atoms with E-state index in [1.54, 1.807) is 4.90 Å². The number of carboxylic acid groups (broad SMARTS) is 1. The number of rotatable bonds is 4. The molecule has 0 bridgehead atoms. The van der Waals surface area contributed by atoms with Gasteiger partial charge in [-0.3, -0.25) is 4.79 Å². The van der Waals surface area contributed by atoms with E-state index >= 15 is 0 Å². The molecule has 3 N–H and O–H groups in total. The number of piperidine rings is 1. The first kappa shape index (κ1) is 24.9. The molecule has 2 heterocycles. The lowest BCUT2D eigenvalue weighted by Gasteiger charge is -2.29. The van der Waals surface area contributed by atoms with E-state index in [9.17, 15) is 22.4 Å². The fourth-order valence-corrected chi connectivity index (χ4v) is 3.69. The summed E-state index contributed by atoms with van der Waals surface area (Å²) in [5.74, 6) is -2.97. The van der Waals surface area contributed by atoms with Crippen LogP contribution >= 0.6 is 0 Å². The molecule has 1 aromatic rings. The number of nitrogens with zero attached hydrogens (tertiary/aromatic N) is 2. The van der Waals surface area contributed by atoms with E-state index < -0.39 is 24.4 Å². The van der Waals surface area contributed by atoms with Crippen molar-refractivity contribution in [3.8, 4) is 0 Å². The van der Waals surface area contributed by atoms with E-state index in [0.29, 0.717) is 13.0 Å². The molecule has 0 saturated carbocycles. The minimum atomic E-state index is -5.08. The van der Waals surface area contributed by atoms with Gasteiger partial charge in [0.05, 0.1) is 12.6 Å². The molecule has 2 aliphatic rings. The average Bonchev–Trinajstić information content (AvgIpc) is 3.19. The zero-order valence-electron chi connectivity index (χ0n) is 17.4. The van der Waals surface area contributed by atoms with Crippen LogP contribution in [-0.2, 0) is 9.59 Å². The van der Waals surface area contributed by atoms with E-state index in [1.165, 1.54) is 24.9 Å². The zero-order valence-corrected chi connectivity index (χ0v) is 17.4. The molecule has 0 spiro atoms. The van der Waals surface area contributed by atoms with Crippen molar-refractivity contribution >= 4 is 17.6 Å². The first-order valence-electron chi connectivity index (χ1n) is 10.3. The van der Waals surface area contributed by atoms with Crippen molar-refractivity contribution in [1.29, 1.82) is 0 Å². The summed E-state index contributed by atoms with van der Waals surface area (Å²) in [4.78, 5) is 25.3. The highest BCUT2D eigenvalue weighted by molar-refractivity contribution is 5.83. The Kier molecular flexibility index (Phi) is 8.67. The predicted octanol–water partition coefficient (Wildman–Crippen LogP) is 3.31.